The number of anilines is 1. The fourth-order valence-electron chi connectivity index (χ4n) is 3.67. The van der Waals surface area contributed by atoms with Gasteiger partial charge in [-0.3, -0.25) is 4.98 Å². The summed E-state index contributed by atoms with van der Waals surface area (Å²) in [5.41, 5.74) is -0.975. The Hall–Kier alpha value is -1.99. The van der Waals surface area contributed by atoms with Gasteiger partial charge in [-0.05, 0) is 45.7 Å². The van der Waals surface area contributed by atoms with Gasteiger partial charge in [-0.1, -0.05) is 0 Å². The Morgan fingerprint density at radius 3 is 2.54 bits per heavy atom. The second-order valence-corrected chi connectivity index (χ2v) is 8.26. The lowest BCUT2D eigenvalue weighted by Crippen LogP contribution is -2.64. The zero-order valence-electron chi connectivity index (χ0n) is 15.3. The molecule has 144 valence electrons. The summed E-state index contributed by atoms with van der Waals surface area (Å²) in [6.45, 7) is 7.99. The molecule has 0 radical (unpaired) electrons. The van der Waals surface area contributed by atoms with Gasteiger partial charge in [-0.2, -0.15) is 13.2 Å². The third-order valence-corrected chi connectivity index (χ3v) is 4.76. The maximum atomic E-state index is 12.8. The number of halogens is 3. The van der Waals surface area contributed by atoms with E-state index in [4.69, 9.17) is 4.74 Å². The number of likely N-dealkylation sites (tertiary alicyclic amines) is 1. The normalized spacial score (nSPS) is 20.1. The molecular formula is C18H24F3N3O2. The number of alkyl halides is 3. The first-order chi connectivity index (χ1) is 12.0. The highest BCUT2D eigenvalue weighted by atomic mass is 19.4. The first kappa shape index (κ1) is 18.8. The molecule has 3 rings (SSSR count). The van der Waals surface area contributed by atoms with Gasteiger partial charge in [0.25, 0.3) is 0 Å². The Morgan fingerprint density at radius 1 is 1.23 bits per heavy atom. The molecule has 8 heteroatoms. The number of carbonyl (C=O) groups is 1. The van der Waals surface area contributed by atoms with E-state index in [1.165, 1.54) is 6.20 Å². The molecule has 1 aromatic rings. The van der Waals surface area contributed by atoms with E-state index in [1.54, 1.807) is 11.0 Å². The summed E-state index contributed by atoms with van der Waals surface area (Å²) in [6, 6.07) is 2.68. The summed E-state index contributed by atoms with van der Waals surface area (Å²) >= 11 is 0. The highest BCUT2D eigenvalue weighted by Gasteiger charge is 2.47. The van der Waals surface area contributed by atoms with Crippen LogP contribution < -0.4 is 4.90 Å². The predicted molar refractivity (Wildman–Crippen MR) is 90.9 cm³/mol. The van der Waals surface area contributed by atoms with Gasteiger partial charge in [0.1, 0.15) is 11.3 Å². The molecule has 0 N–H and O–H groups in total. The number of piperidine rings is 1. The van der Waals surface area contributed by atoms with Crippen molar-refractivity contribution in [1.82, 2.24) is 9.88 Å². The number of hydrogen-bond acceptors (Lipinski definition) is 4. The lowest BCUT2D eigenvalue weighted by Gasteiger charge is -2.55. The van der Waals surface area contributed by atoms with Crippen LogP contribution in [0.3, 0.4) is 0 Å². The second-order valence-electron chi connectivity index (χ2n) is 8.26. The molecule has 0 unspecified atom stereocenters. The van der Waals surface area contributed by atoms with Crippen LogP contribution in [0.15, 0.2) is 18.3 Å². The van der Waals surface area contributed by atoms with Crippen molar-refractivity contribution in [2.45, 2.75) is 45.4 Å². The third-order valence-electron chi connectivity index (χ3n) is 4.76. The van der Waals surface area contributed by atoms with Crippen molar-refractivity contribution >= 4 is 11.8 Å². The van der Waals surface area contributed by atoms with E-state index < -0.39 is 17.5 Å². The monoisotopic (exact) mass is 371 g/mol. The van der Waals surface area contributed by atoms with Crippen LogP contribution in [-0.4, -0.2) is 47.8 Å². The Balaban J connectivity index is 1.64. The van der Waals surface area contributed by atoms with Crippen LogP contribution in [0.4, 0.5) is 23.7 Å². The van der Waals surface area contributed by atoms with E-state index in [0.29, 0.717) is 31.9 Å². The summed E-state index contributed by atoms with van der Waals surface area (Å²) in [4.78, 5) is 19.3. The maximum Gasteiger partial charge on any atom is 0.433 e. The van der Waals surface area contributed by atoms with Crippen LogP contribution in [0, 0.1) is 5.41 Å². The molecule has 26 heavy (non-hydrogen) atoms. The number of rotatable bonds is 1. The lowest BCUT2D eigenvalue weighted by molar-refractivity contribution is -0.141. The molecule has 2 fully saturated rings. The van der Waals surface area contributed by atoms with Crippen molar-refractivity contribution in [3.63, 3.8) is 0 Å². The first-order valence-corrected chi connectivity index (χ1v) is 8.74. The minimum atomic E-state index is -4.45. The van der Waals surface area contributed by atoms with E-state index in [9.17, 15) is 18.0 Å². The van der Waals surface area contributed by atoms with Crippen LogP contribution >= 0.6 is 0 Å². The van der Waals surface area contributed by atoms with Crippen molar-refractivity contribution in [2.75, 3.05) is 31.1 Å². The van der Waals surface area contributed by atoms with Crippen LogP contribution in [-0.2, 0) is 10.9 Å². The molecule has 0 atom stereocenters. The van der Waals surface area contributed by atoms with E-state index >= 15 is 0 Å². The van der Waals surface area contributed by atoms with Crippen LogP contribution in [0.25, 0.3) is 0 Å². The van der Waals surface area contributed by atoms with Crippen LogP contribution in [0.2, 0.25) is 0 Å². The van der Waals surface area contributed by atoms with E-state index in [1.807, 2.05) is 25.7 Å². The van der Waals surface area contributed by atoms with E-state index in [0.717, 1.165) is 18.9 Å². The predicted octanol–water partition coefficient (Wildman–Crippen LogP) is 3.94. The second kappa shape index (κ2) is 6.32. The SMILES string of the molecule is CC(C)(C)OC(=O)N1CCCC2(C1)CN(c1ccnc(C(F)(F)F)c1)C2. The molecule has 0 saturated carbocycles. The van der Waals surface area contributed by atoms with Gasteiger partial charge < -0.3 is 14.5 Å². The van der Waals surface area contributed by atoms with Crippen molar-refractivity contribution in [3.8, 4) is 0 Å². The van der Waals surface area contributed by atoms with Gasteiger partial charge >= 0.3 is 12.3 Å². The molecule has 2 aliphatic heterocycles. The number of amides is 1. The smallest absolute Gasteiger partial charge is 0.433 e. The van der Waals surface area contributed by atoms with Crippen LogP contribution in [0.1, 0.15) is 39.3 Å². The van der Waals surface area contributed by atoms with Crippen molar-refractivity contribution in [3.05, 3.63) is 24.0 Å². The molecule has 0 bridgehead atoms. The Morgan fingerprint density at radius 2 is 1.92 bits per heavy atom. The van der Waals surface area contributed by atoms with Gasteiger partial charge in [0, 0.05) is 43.5 Å². The molecule has 1 spiro atoms. The molecule has 3 heterocycles. The maximum absolute atomic E-state index is 12.8. The van der Waals surface area contributed by atoms with Gasteiger partial charge in [0.15, 0.2) is 0 Å². The van der Waals surface area contributed by atoms with Crippen molar-refractivity contribution < 1.29 is 22.7 Å². The number of hydrogen-bond donors (Lipinski definition) is 0. The minimum absolute atomic E-state index is 0.0726. The summed E-state index contributed by atoms with van der Waals surface area (Å²) in [7, 11) is 0. The molecular weight excluding hydrogens is 347 g/mol. The van der Waals surface area contributed by atoms with E-state index in [2.05, 4.69) is 4.98 Å². The number of pyridine rings is 1. The van der Waals surface area contributed by atoms with Crippen molar-refractivity contribution in [2.24, 2.45) is 5.41 Å². The zero-order chi connectivity index (χ0) is 19.2. The third kappa shape index (κ3) is 4.04. The van der Waals surface area contributed by atoms with E-state index in [-0.39, 0.29) is 11.5 Å². The van der Waals surface area contributed by atoms with Crippen molar-refractivity contribution in [1.29, 1.82) is 0 Å². The summed E-state index contributed by atoms with van der Waals surface area (Å²) < 4.78 is 44.0. The Kier molecular flexibility index (Phi) is 4.56. The van der Waals surface area contributed by atoms with Gasteiger partial charge in [0.2, 0.25) is 0 Å². The summed E-state index contributed by atoms with van der Waals surface area (Å²) in [5, 5.41) is 0. The molecule has 0 aliphatic carbocycles. The number of nitrogens with zero attached hydrogens (tertiary/aromatic N) is 3. The topological polar surface area (TPSA) is 45.7 Å². The lowest BCUT2D eigenvalue weighted by atomic mass is 9.73. The first-order valence-electron chi connectivity index (χ1n) is 8.74. The highest BCUT2D eigenvalue weighted by Crippen LogP contribution is 2.42. The van der Waals surface area contributed by atoms with Gasteiger partial charge in [0.05, 0.1) is 0 Å². The quantitative estimate of drug-likeness (QED) is 0.750. The largest absolute Gasteiger partial charge is 0.444 e. The van der Waals surface area contributed by atoms with Gasteiger partial charge in [-0.15, -0.1) is 0 Å². The summed E-state index contributed by atoms with van der Waals surface area (Å²) in [6.07, 6.45) is -1.75. The van der Waals surface area contributed by atoms with Crippen LogP contribution in [0.5, 0.6) is 0 Å². The molecule has 2 aliphatic rings. The fourth-order valence-corrected chi connectivity index (χ4v) is 3.67. The molecule has 2 saturated heterocycles. The molecule has 1 aromatic heterocycles. The number of ether oxygens (including phenoxy) is 1. The molecule has 0 aromatic carbocycles. The minimum Gasteiger partial charge on any atom is -0.444 e. The molecule has 1 amide bonds. The average Bonchev–Trinajstić information content (AvgIpc) is 2.50. The molecule has 5 nitrogen and oxygen atoms in total. The number of carbonyl (C=O) groups excluding carboxylic acids is 1. The standard InChI is InChI=1S/C18H24F3N3O2/c1-16(2,3)26-15(25)23-8-4-6-17(10-23)11-24(12-17)13-5-7-22-14(9-13)18(19,20)21/h5,7,9H,4,6,8,10-12H2,1-3H3. The van der Waals surface area contributed by atoms with Gasteiger partial charge in [-0.25, -0.2) is 4.79 Å². The highest BCUT2D eigenvalue weighted by molar-refractivity contribution is 5.68. The Bertz CT molecular complexity index is 679. The Labute approximate surface area is 151 Å². The zero-order valence-corrected chi connectivity index (χ0v) is 15.3. The summed E-state index contributed by atoms with van der Waals surface area (Å²) in [5.74, 6) is 0. The average molecular weight is 371 g/mol. The fraction of sp³-hybridized carbons (Fsp3) is 0.667. The number of aromatic nitrogens is 1.